The molecule has 0 fully saturated rings. The van der Waals surface area contributed by atoms with Crippen molar-refractivity contribution in [2.45, 2.75) is 25.9 Å². The van der Waals surface area contributed by atoms with E-state index >= 15 is 0 Å². The Hall–Kier alpha value is -1.89. The number of thiophene rings is 1. The van der Waals surface area contributed by atoms with Crippen LogP contribution in [0.5, 0.6) is 0 Å². The summed E-state index contributed by atoms with van der Waals surface area (Å²) in [5, 5.41) is 3.16. The van der Waals surface area contributed by atoms with E-state index in [0.717, 1.165) is 11.3 Å². The maximum absolute atomic E-state index is 12.0. The lowest BCUT2D eigenvalue weighted by molar-refractivity contribution is -0.153. The number of benzene rings is 1. The van der Waals surface area contributed by atoms with Gasteiger partial charge in [0.15, 0.2) is 11.9 Å². The fourth-order valence-electron chi connectivity index (χ4n) is 1.89. The molecular formula is C17H15Cl2NO4S. The highest BCUT2D eigenvalue weighted by molar-refractivity contribution is 7.18. The lowest BCUT2D eigenvalue weighted by Gasteiger charge is -2.13. The molecule has 132 valence electrons. The Morgan fingerprint density at radius 2 is 1.76 bits per heavy atom. The molecule has 0 aliphatic rings. The van der Waals surface area contributed by atoms with Crippen LogP contribution in [-0.2, 0) is 14.3 Å². The molecule has 0 unspecified atom stereocenters. The molecular weight excluding hydrogens is 385 g/mol. The van der Waals surface area contributed by atoms with Crippen LogP contribution in [0.25, 0.3) is 0 Å². The number of Topliss-reactive ketones (excluding diaryl/α,β-unsaturated/α-hetero) is 1. The maximum Gasteiger partial charge on any atom is 0.307 e. The van der Waals surface area contributed by atoms with Crippen LogP contribution in [0.4, 0.5) is 5.69 Å². The molecule has 1 amide bonds. The van der Waals surface area contributed by atoms with Gasteiger partial charge < -0.3 is 10.1 Å². The van der Waals surface area contributed by atoms with E-state index in [-0.39, 0.29) is 18.6 Å². The summed E-state index contributed by atoms with van der Waals surface area (Å²) in [6.07, 6.45) is -1.08. The van der Waals surface area contributed by atoms with Gasteiger partial charge >= 0.3 is 5.97 Å². The van der Waals surface area contributed by atoms with Gasteiger partial charge in [0, 0.05) is 17.1 Å². The number of rotatable bonds is 7. The molecule has 1 N–H and O–H groups in total. The van der Waals surface area contributed by atoms with Gasteiger partial charge in [-0.25, -0.2) is 0 Å². The molecule has 1 heterocycles. The summed E-state index contributed by atoms with van der Waals surface area (Å²) in [6.45, 7) is 1.46. The fourth-order valence-corrected chi connectivity index (χ4v) is 3.03. The van der Waals surface area contributed by atoms with Gasteiger partial charge in [0.05, 0.1) is 15.6 Å². The van der Waals surface area contributed by atoms with Crippen molar-refractivity contribution in [3.8, 4) is 0 Å². The van der Waals surface area contributed by atoms with E-state index in [1.54, 1.807) is 36.4 Å². The monoisotopic (exact) mass is 399 g/mol. The maximum atomic E-state index is 12.0. The van der Waals surface area contributed by atoms with Crippen molar-refractivity contribution in [2.75, 3.05) is 5.32 Å². The van der Waals surface area contributed by atoms with Crippen molar-refractivity contribution in [1.29, 1.82) is 0 Å². The lowest BCUT2D eigenvalue weighted by atomic mass is 10.2. The van der Waals surface area contributed by atoms with Gasteiger partial charge in [-0.15, -0.1) is 11.3 Å². The molecule has 0 aliphatic carbocycles. The second kappa shape index (κ2) is 8.99. The van der Waals surface area contributed by atoms with Crippen LogP contribution in [-0.4, -0.2) is 23.8 Å². The minimum Gasteiger partial charge on any atom is -0.453 e. The number of amides is 1. The minimum atomic E-state index is -0.977. The van der Waals surface area contributed by atoms with E-state index < -0.39 is 18.0 Å². The minimum absolute atomic E-state index is 0.00119. The average Bonchev–Trinajstić information content (AvgIpc) is 3.01. The first-order valence-electron chi connectivity index (χ1n) is 7.39. The van der Waals surface area contributed by atoms with Crippen molar-refractivity contribution in [2.24, 2.45) is 0 Å². The summed E-state index contributed by atoms with van der Waals surface area (Å²) in [4.78, 5) is 36.2. The smallest absolute Gasteiger partial charge is 0.307 e. The number of anilines is 1. The van der Waals surface area contributed by atoms with Gasteiger partial charge in [-0.1, -0.05) is 23.2 Å². The van der Waals surface area contributed by atoms with Gasteiger partial charge in [0.25, 0.3) is 5.91 Å². The van der Waals surface area contributed by atoms with Gasteiger partial charge in [-0.3, -0.25) is 14.4 Å². The van der Waals surface area contributed by atoms with Gasteiger partial charge in [0.1, 0.15) is 0 Å². The largest absolute Gasteiger partial charge is 0.453 e. The molecule has 0 spiro atoms. The Bertz CT molecular complexity index is 773. The molecule has 2 aromatic rings. The highest BCUT2D eigenvalue weighted by Crippen LogP contribution is 2.23. The average molecular weight is 400 g/mol. The number of carbonyl (C=O) groups excluding carboxylic acids is 3. The van der Waals surface area contributed by atoms with Crippen LogP contribution in [0.3, 0.4) is 0 Å². The Morgan fingerprint density at radius 1 is 1.08 bits per heavy atom. The molecule has 0 saturated carbocycles. The van der Waals surface area contributed by atoms with Crippen molar-refractivity contribution in [3.63, 3.8) is 0 Å². The third-order valence-electron chi connectivity index (χ3n) is 3.19. The topological polar surface area (TPSA) is 72.5 Å². The van der Waals surface area contributed by atoms with Crippen LogP contribution in [0.2, 0.25) is 9.36 Å². The molecule has 0 saturated heterocycles. The second-order valence-electron chi connectivity index (χ2n) is 5.16. The van der Waals surface area contributed by atoms with E-state index in [1.807, 2.05) is 0 Å². The number of ketones is 1. The van der Waals surface area contributed by atoms with E-state index in [1.165, 1.54) is 6.92 Å². The van der Waals surface area contributed by atoms with E-state index in [9.17, 15) is 14.4 Å². The first kappa shape index (κ1) is 19.4. The van der Waals surface area contributed by atoms with Crippen molar-refractivity contribution in [3.05, 3.63) is 50.6 Å². The van der Waals surface area contributed by atoms with Gasteiger partial charge in [-0.2, -0.15) is 0 Å². The van der Waals surface area contributed by atoms with Crippen molar-refractivity contribution in [1.82, 2.24) is 0 Å². The highest BCUT2D eigenvalue weighted by Gasteiger charge is 2.19. The predicted molar refractivity (Wildman–Crippen MR) is 98.5 cm³/mol. The molecule has 25 heavy (non-hydrogen) atoms. The molecule has 2 rings (SSSR count). The van der Waals surface area contributed by atoms with Crippen LogP contribution >= 0.6 is 34.5 Å². The summed E-state index contributed by atoms with van der Waals surface area (Å²) in [5.41, 5.74) is 0.544. The predicted octanol–water partition coefficient (Wildman–Crippen LogP) is 4.59. The van der Waals surface area contributed by atoms with Gasteiger partial charge in [0.2, 0.25) is 0 Å². The highest BCUT2D eigenvalue weighted by atomic mass is 35.5. The first-order valence-corrected chi connectivity index (χ1v) is 8.97. The standard InChI is InChI=1S/C17H15Cl2NO4S/c1-10(17(23)20-12-4-2-11(18)3-5-12)24-16(22)9-6-13(21)14-7-8-15(19)25-14/h2-5,7-8,10H,6,9H2,1H3,(H,20,23)/t10-/m1/s1. The summed E-state index contributed by atoms with van der Waals surface area (Å²) >= 11 is 12.7. The number of hydrogen-bond donors (Lipinski definition) is 1. The molecule has 0 bridgehead atoms. The van der Waals surface area contributed by atoms with Crippen LogP contribution in [0.15, 0.2) is 36.4 Å². The summed E-state index contributed by atoms with van der Waals surface area (Å²) < 4.78 is 5.56. The van der Waals surface area contributed by atoms with E-state index in [2.05, 4.69) is 5.32 Å². The normalized spacial score (nSPS) is 11.6. The zero-order chi connectivity index (χ0) is 18.4. The number of halogens is 2. The molecule has 1 atom stereocenters. The fraction of sp³-hybridized carbons (Fsp3) is 0.235. The summed E-state index contributed by atoms with van der Waals surface area (Å²) in [7, 11) is 0. The Morgan fingerprint density at radius 3 is 2.36 bits per heavy atom. The molecule has 0 aliphatic heterocycles. The zero-order valence-corrected chi connectivity index (χ0v) is 15.6. The second-order valence-corrected chi connectivity index (χ2v) is 7.31. The molecule has 0 radical (unpaired) electrons. The van der Waals surface area contributed by atoms with Crippen LogP contribution in [0, 0.1) is 0 Å². The van der Waals surface area contributed by atoms with E-state index in [0.29, 0.717) is 19.9 Å². The quantitative estimate of drug-likeness (QED) is 0.545. The number of hydrogen-bond acceptors (Lipinski definition) is 5. The molecule has 1 aromatic heterocycles. The Kier molecular flexibility index (Phi) is 6.99. The Labute approximate surface area is 158 Å². The number of esters is 1. The van der Waals surface area contributed by atoms with E-state index in [4.69, 9.17) is 27.9 Å². The van der Waals surface area contributed by atoms with Crippen LogP contribution < -0.4 is 5.32 Å². The third-order valence-corrected chi connectivity index (χ3v) is 4.72. The SMILES string of the molecule is C[C@@H](OC(=O)CCC(=O)c1ccc(Cl)s1)C(=O)Nc1ccc(Cl)cc1. The third kappa shape index (κ3) is 6.16. The first-order chi connectivity index (χ1) is 11.8. The van der Waals surface area contributed by atoms with Gasteiger partial charge in [-0.05, 0) is 43.3 Å². The number of ether oxygens (including phenoxy) is 1. The zero-order valence-electron chi connectivity index (χ0n) is 13.3. The molecule has 5 nitrogen and oxygen atoms in total. The molecule has 8 heteroatoms. The summed E-state index contributed by atoms with van der Waals surface area (Å²) in [6, 6.07) is 9.79. The number of carbonyl (C=O) groups is 3. The van der Waals surface area contributed by atoms with Crippen LogP contribution in [0.1, 0.15) is 29.4 Å². The molecule has 1 aromatic carbocycles. The van der Waals surface area contributed by atoms with Crippen molar-refractivity contribution < 1.29 is 19.1 Å². The summed E-state index contributed by atoms with van der Waals surface area (Å²) in [5.74, 6) is -1.27. The lowest BCUT2D eigenvalue weighted by Crippen LogP contribution is -2.30. The number of nitrogens with one attached hydrogen (secondary N) is 1. The Balaban J connectivity index is 1.78. The van der Waals surface area contributed by atoms with Crippen molar-refractivity contribution >= 4 is 57.9 Å².